The van der Waals surface area contributed by atoms with E-state index >= 15 is 8.78 Å². The number of benzene rings is 2. The summed E-state index contributed by atoms with van der Waals surface area (Å²) in [6.07, 6.45) is 5.73. The van der Waals surface area contributed by atoms with Crippen LogP contribution in [0, 0.1) is 11.6 Å². The Morgan fingerprint density at radius 2 is 1.62 bits per heavy atom. The molecule has 4 rings (SSSR count). The van der Waals surface area contributed by atoms with Gasteiger partial charge in [0, 0.05) is 18.3 Å². The molecule has 0 aliphatic heterocycles. The first-order chi connectivity index (χ1) is 18.9. The summed E-state index contributed by atoms with van der Waals surface area (Å²) in [6, 6.07) is 6.00. The summed E-state index contributed by atoms with van der Waals surface area (Å²) in [7, 11) is 0.414. The quantitative estimate of drug-likeness (QED) is 0.240. The highest BCUT2D eigenvalue weighted by Gasteiger charge is 2.37. The first kappa shape index (κ1) is 29.1. The number of fused-ring (bicyclic) bond motifs is 1. The monoisotopic (exact) mass is 569 g/mol. The predicted octanol–water partition coefficient (Wildman–Crippen LogP) is 5.63. The van der Waals surface area contributed by atoms with Gasteiger partial charge in [0.05, 0.1) is 49.8 Å². The molecule has 0 N–H and O–H groups in total. The summed E-state index contributed by atoms with van der Waals surface area (Å²) < 4.78 is 49.5. The molecule has 9 nitrogen and oxygen atoms in total. The lowest BCUT2D eigenvalue weighted by atomic mass is 10.1. The molecule has 0 radical (unpaired) electrons. The number of aromatic nitrogens is 4. The molecule has 40 heavy (non-hydrogen) atoms. The molecule has 212 valence electrons. The largest absolute Gasteiger partial charge is 0.493 e. The van der Waals surface area contributed by atoms with Crippen LogP contribution in [-0.2, 0) is 4.43 Å². The Hall–Kier alpha value is -3.90. The molecule has 0 atom stereocenters. The lowest BCUT2D eigenvalue weighted by molar-refractivity contribution is 0.296. The van der Waals surface area contributed by atoms with Crippen molar-refractivity contribution in [3.05, 3.63) is 71.3 Å². The number of nitrogens with zero attached hydrogens (tertiary/aromatic N) is 5. The van der Waals surface area contributed by atoms with E-state index < -0.39 is 20.0 Å². The summed E-state index contributed by atoms with van der Waals surface area (Å²) in [5.74, 6) is -2.17. The lowest BCUT2D eigenvalue weighted by Crippen LogP contribution is -2.42. The van der Waals surface area contributed by atoms with Gasteiger partial charge in [0.25, 0.3) is 5.56 Å². The van der Waals surface area contributed by atoms with Gasteiger partial charge in [-0.05, 0) is 36.3 Å². The van der Waals surface area contributed by atoms with E-state index in [-0.39, 0.29) is 46.3 Å². The number of rotatable bonds is 9. The second-order valence-corrected chi connectivity index (χ2v) is 15.5. The third-order valence-corrected chi connectivity index (χ3v) is 11.8. The van der Waals surface area contributed by atoms with E-state index in [2.05, 4.69) is 48.8 Å². The van der Waals surface area contributed by atoms with Crippen molar-refractivity contribution in [1.82, 2.24) is 19.5 Å². The molecule has 0 aliphatic rings. The lowest BCUT2D eigenvalue weighted by Gasteiger charge is -2.37. The van der Waals surface area contributed by atoms with Gasteiger partial charge in [0.15, 0.2) is 31.5 Å². The van der Waals surface area contributed by atoms with Gasteiger partial charge in [-0.15, -0.1) is 0 Å². The van der Waals surface area contributed by atoms with E-state index in [0.29, 0.717) is 16.9 Å². The zero-order chi connectivity index (χ0) is 29.2. The molecule has 12 heteroatoms. The molecule has 0 amide bonds. The Morgan fingerprint density at radius 1 is 1.00 bits per heavy atom. The van der Waals surface area contributed by atoms with Gasteiger partial charge in [-0.3, -0.25) is 9.36 Å². The second kappa shape index (κ2) is 11.3. The van der Waals surface area contributed by atoms with Crippen LogP contribution in [0.1, 0.15) is 20.8 Å². The Kier molecular flexibility index (Phi) is 8.22. The normalized spacial score (nSPS) is 12.0. The van der Waals surface area contributed by atoms with Crippen molar-refractivity contribution in [2.24, 2.45) is 0 Å². The third-order valence-electron chi connectivity index (χ3n) is 7.28. The SMILES string of the molecule is COc1cc(OC)c(F)c(N(CCO[Si](C)(C)C(C)(C)C)c2ccc3ncn(-c4cncnc4)c(=O)c3c2)c1F. The van der Waals surface area contributed by atoms with Crippen molar-refractivity contribution in [3.63, 3.8) is 0 Å². The summed E-state index contributed by atoms with van der Waals surface area (Å²) in [6.45, 7) is 10.8. The van der Waals surface area contributed by atoms with Crippen molar-refractivity contribution in [2.75, 3.05) is 32.3 Å². The molecule has 0 spiro atoms. The van der Waals surface area contributed by atoms with Crippen molar-refractivity contribution < 1.29 is 22.7 Å². The number of methoxy groups -OCH3 is 2. The first-order valence-corrected chi connectivity index (χ1v) is 15.6. The van der Waals surface area contributed by atoms with Crippen LogP contribution in [-0.4, -0.2) is 55.2 Å². The minimum absolute atomic E-state index is 0.0611. The summed E-state index contributed by atoms with van der Waals surface area (Å²) in [5.41, 5.74) is 0.448. The molecule has 0 bridgehead atoms. The standard InChI is InChI=1S/C28H33F2N5O4Si/c1-28(2,3)40(6,7)39-11-10-34(26-24(29)22(37-4)13-23(38-5)25(26)30)18-8-9-21-20(12-18)27(36)35(17-33-21)19-14-31-16-32-15-19/h8-9,12-17H,10-11H2,1-7H3. The first-order valence-electron chi connectivity index (χ1n) is 12.7. The molecule has 0 fully saturated rings. The number of hydrogen-bond donors (Lipinski definition) is 0. The molecule has 4 aromatic rings. The van der Waals surface area contributed by atoms with Gasteiger partial charge in [0.1, 0.15) is 18.3 Å². The zero-order valence-corrected chi connectivity index (χ0v) is 24.7. The molecule has 2 aromatic heterocycles. The van der Waals surface area contributed by atoms with Crippen LogP contribution in [0.15, 0.2) is 54.1 Å². The van der Waals surface area contributed by atoms with E-state index in [1.807, 2.05) is 0 Å². The molecule has 0 saturated heterocycles. The molecule has 2 aromatic carbocycles. The van der Waals surface area contributed by atoms with Gasteiger partial charge < -0.3 is 18.8 Å². The van der Waals surface area contributed by atoms with Crippen LogP contribution < -0.4 is 19.9 Å². The maximum atomic E-state index is 15.7. The molecule has 2 heterocycles. The van der Waals surface area contributed by atoms with Gasteiger partial charge >= 0.3 is 0 Å². The topological polar surface area (TPSA) is 91.6 Å². The van der Waals surface area contributed by atoms with Crippen LogP contribution in [0.25, 0.3) is 16.6 Å². The summed E-state index contributed by atoms with van der Waals surface area (Å²) in [4.78, 5) is 27.2. The molecule has 0 saturated carbocycles. The van der Waals surface area contributed by atoms with Crippen molar-refractivity contribution in [1.29, 1.82) is 0 Å². The molecular formula is C28H33F2N5O4Si. The Morgan fingerprint density at radius 3 is 2.20 bits per heavy atom. The molecule has 0 aliphatic carbocycles. The van der Waals surface area contributed by atoms with Gasteiger partial charge in [-0.2, -0.15) is 0 Å². The van der Waals surface area contributed by atoms with E-state index in [9.17, 15) is 4.79 Å². The van der Waals surface area contributed by atoms with E-state index in [1.165, 1.54) is 48.7 Å². The Balaban J connectivity index is 1.87. The maximum Gasteiger partial charge on any atom is 0.265 e. The van der Waals surface area contributed by atoms with Crippen molar-refractivity contribution >= 4 is 30.6 Å². The smallest absolute Gasteiger partial charge is 0.265 e. The molecule has 0 unspecified atom stereocenters. The minimum Gasteiger partial charge on any atom is -0.493 e. The highest BCUT2D eigenvalue weighted by Crippen LogP contribution is 2.41. The fourth-order valence-electron chi connectivity index (χ4n) is 3.97. The maximum absolute atomic E-state index is 15.7. The highest BCUT2D eigenvalue weighted by molar-refractivity contribution is 6.74. The fourth-order valence-corrected chi connectivity index (χ4v) is 5.00. The van der Waals surface area contributed by atoms with E-state index in [1.54, 1.807) is 18.2 Å². The average molecular weight is 570 g/mol. The minimum atomic E-state index is -2.17. The zero-order valence-electron chi connectivity index (χ0n) is 23.7. The summed E-state index contributed by atoms with van der Waals surface area (Å²) in [5, 5.41) is 0.184. The Bertz CT molecular complexity index is 1550. The van der Waals surface area contributed by atoms with E-state index in [4.69, 9.17) is 13.9 Å². The van der Waals surface area contributed by atoms with Crippen LogP contribution in [0.3, 0.4) is 0 Å². The fraction of sp³-hybridized carbons (Fsp3) is 0.357. The van der Waals surface area contributed by atoms with Crippen LogP contribution in [0.4, 0.5) is 20.2 Å². The van der Waals surface area contributed by atoms with Crippen molar-refractivity contribution in [3.8, 4) is 17.2 Å². The average Bonchev–Trinajstić information content (AvgIpc) is 2.92. The molecular weight excluding hydrogens is 536 g/mol. The highest BCUT2D eigenvalue weighted by atomic mass is 28.4. The van der Waals surface area contributed by atoms with Gasteiger partial charge in [-0.1, -0.05) is 20.8 Å². The Labute approximate surface area is 232 Å². The van der Waals surface area contributed by atoms with Crippen molar-refractivity contribution in [2.45, 2.75) is 38.9 Å². The number of halogens is 2. The number of ether oxygens (including phenoxy) is 2. The number of anilines is 2. The predicted molar refractivity (Wildman–Crippen MR) is 153 cm³/mol. The second-order valence-electron chi connectivity index (χ2n) is 10.7. The van der Waals surface area contributed by atoms with Gasteiger partial charge in [0.2, 0.25) is 0 Å². The van der Waals surface area contributed by atoms with Crippen LogP contribution in [0.5, 0.6) is 11.5 Å². The van der Waals surface area contributed by atoms with E-state index in [0.717, 1.165) is 6.07 Å². The third kappa shape index (κ3) is 5.54. The van der Waals surface area contributed by atoms with Crippen LogP contribution >= 0.6 is 0 Å². The summed E-state index contributed by atoms with van der Waals surface area (Å²) >= 11 is 0. The van der Waals surface area contributed by atoms with Gasteiger partial charge in [-0.25, -0.2) is 23.7 Å². The number of hydrogen-bond acceptors (Lipinski definition) is 8. The van der Waals surface area contributed by atoms with Crippen LogP contribution in [0.2, 0.25) is 18.1 Å².